The molecule has 3 rings (SSSR count). The van der Waals surface area contributed by atoms with E-state index < -0.39 is 15.8 Å². The van der Waals surface area contributed by atoms with Crippen molar-refractivity contribution >= 4 is 26.7 Å². The lowest BCUT2D eigenvalue weighted by molar-refractivity contribution is -0.138. The minimum absolute atomic E-state index is 0.200. The number of hydrogen-bond acceptors (Lipinski definition) is 4. The van der Waals surface area contributed by atoms with E-state index in [-0.39, 0.29) is 33.7 Å². The third-order valence-corrected chi connectivity index (χ3v) is 8.24. The molecule has 0 heterocycles. The van der Waals surface area contributed by atoms with Gasteiger partial charge in [0.1, 0.15) is 6.61 Å². The molecule has 0 aliphatic rings. The maximum Gasteiger partial charge on any atom is 0.333 e. The highest BCUT2D eigenvalue weighted by Crippen LogP contribution is 2.31. The maximum absolute atomic E-state index is 12.6. The van der Waals surface area contributed by atoms with Gasteiger partial charge in [-0.3, -0.25) is 0 Å². The molecule has 0 radical (unpaired) electrons. The first-order chi connectivity index (χ1) is 14.4. The van der Waals surface area contributed by atoms with Gasteiger partial charge in [0.2, 0.25) is 0 Å². The number of hydrogen-bond donors (Lipinski definition) is 0. The van der Waals surface area contributed by atoms with Crippen molar-refractivity contribution in [1.82, 2.24) is 0 Å². The number of carbonyl (C=O) groups is 1. The molecule has 3 aromatic carbocycles. The molecule has 6 heteroatoms. The van der Waals surface area contributed by atoms with Gasteiger partial charge in [-0.05, 0) is 55.5 Å². The Morgan fingerprint density at radius 1 is 0.833 bits per heavy atom. The van der Waals surface area contributed by atoms with Crippen molar-refractivity contribution in [3.8, 4) is 0 Å². The quantitative estimate of drug-likeness (QED) is 0.291. The van der Waals surface area contributed by atoms with E-state index in [0.717, 1.165) is 14.7 Å². The van der Waals surface area contributed by atoms with Gasteiger partial charge in [-0.2, -0.15) is 0 Å². The van der Waals surface area contributed by atoms with Crippen molar-refractivity contribution in [3.63, 3.8) is 0 Å². The van der Waals surface area contributed by atoms with Crippen molar-refractivity contribution < 1.29 is 17.9 Å². The molecule has 0 saturated heterocycles. The topological polar surface area (TPSA) is 60.4 Å². The Hall–Kier alpha value is -2.83. The largest absolute Gasteiger partial charge is 0.461 e. The Morgan fingerprint density at radius 3 is 1.77 bits per heavy atom. The van der Waals surface area contributed by atoms with E-state index in [1.807, 2.05) is 48.5 Å². The third-order valence-electron chi connectivity index (χ3n) is 4.31. The van der Waals surface area contributed by atoms with Gasteiger partial charge in [0, 0.05) is 5.57 Å². The molecule has 4 nitrogen and oxygen atoms in total. The Bertz CT molecular complexity index is 1070. The van der Waals surface area contributed by atoms with E-state index in [9.17, 15) is 13.2 Å². The summed E-state index contributed by atoms with van der Waals surface area (Å²) in [6, 6.07) is 27.2. The van der Waals surface area contributed by atoms with Gasteiger partial charge in [-0.15, -0.1) is 0 Å². The van der Waals surface area contributed by atoms with Crippen LogP contribution in [0, 0.1) is 0 Å². The van der Waals surface area contributed by atoms with E-state index in [1.54, 1.807) is 12.1 Å². The van der Waals surface area contributed by atoms with Crippen LogP contribution < -0.4 is 0 Å². The molecule has 154 valence electrons. The number of ether oxygens (including phenoxy) is 1. The van der Waals surface area contributed by atoms with Gasteiger partial charge in [-0.1, -0.05) is 43.0 Å². The van der Waals surface area contributed by atoms with E-state index in [2.05, 4.69) is 30.8 Å². The zero-order valence-corrected chi connectivity index (χ0v) is 18.3. The lowest BCUT2D eigenvalue weighted by Crippen LogP contribution is -2.16. The van der Waals surface area contributed by atoms with Crippen molar-refractivity contribution in [3.05, 3.63) is 97.1 Å². The summed E-state index contributed by atoms with van der Waals surface area (Å²) in [5.41, 5.74) is 0.241. The number of esters is 1. The van der Waals surface area contributed by atoms with Gasteiger partial charge in [0.05, 0.1) is 21.5 Å². The molecule has 0 aliphatic carbocycles. The molecule has 0 saturated carbocycles. The molecule has 0 aromatic heterocycles. The van der Waals surface area contributed by atoms with Crippen LogP contribution in [0.3, 0.4) is 0 Å². The Kier molecular flexibility index (Phi) is 7.13. The van der Waals surface area contributed by atoms with Gasteiger partial charge >= 0.3 is 5.97 Å². The molecule has 0 bridgehead atoms. The molecule has 0 unspecified atom stereocenters. The molecule has 0 aliphatic heterocycles. The van der Waals surface area contributed by atoms with Crippen molar-refractivity contribution in [2.75, 3.05) is 12.4 Å². The van der Waals surface area contributed by atoms with Gasteiger partial charge in [0.25, 0.3) is 0 Å². The van der Waals surface area contributed by atoms with E-state index in [0.29, 0.717) is 0 Å². The van der Waals surface area contributed by atoms with Crippen LogP contribution in [0.4, 0.5) is 0 Å². The van der Waals surface area contributed by atoms with Crippen LogP contribution in [0.1, 0.15) is 6.92 Å². The molecule has 0 N–H and O–H groups in total. The summed E-state index contributed by atoms with van der Waals surface area (Å²) in [5.74, 6) is -0.857. The Labute approximate surface area is 180 Å². The molecular weight excluding hydrogens is 416 g/mol. The predicted molar refractivity (Wildman–Crippen MR) is 119 cm³/mol. The second-order valence-electron chi connectivity index (χ2n) is 6.64. The average Bonchev–Trinajstić information content (AvgIpc) is 2.75. The molecule has 0 spiro atoms. The first-order valence-electron chi connectivity index (χ1n) is 9.38. The van der Waals surface area contributed by atoms with Crippen LogP contribution in [0.5, 0.6) is 0 Å². The number of sulfone groups is 1. The molecule has 30 heavy (non-hydrogen) atoms. The highest BCUT2D eigenvalue weighted by molar-refractivity contribution is 7.97. The van der Waals surface area contributed by atoms with Crippen molar-refractivity contribution in [2.45, 2.75) is 26.5 Å². The summed E-state index contributed by atoms with van der Waals surface area (Å²) >= 11 is 0. The van der Waals surface area contributed by atoms with Crippen LogP contribution in [0.15, 0.2) is 117 Å². The van der Waals surface area contributed by atoms with Gasteiger partial charge in [-0.25, -0.2) is 13.2 Å². The van der Waals surface area contributed by atoms with Crippen molar-refractivity contribution in [2.24, 2.45) is 0 Å². The first-order valence-corrected chi connectivity index (χ1v) is 12.3. The smallest absolute Gasteiger partial charge is 0.333 e. The number of carbonyl (C=O) groups excluding carboxylic acids is 1. The normalized spacial score (nSPS) is 11.3. The zero-order valence-electron chi connectivity index (χ0n) is 16.7. The predicted octanol–water partition coefficient (Wildman–Crippen LogP) is 4.68. The fraction of sp³-hybridized carbons (Fsp3) is 0.125. The molecule has 0 amide bonds. The molecule has 0 fully saturated rings. The summed E-state index contributed by atoms with van der Waals surface area (Å²) in [5, 5.41) is 0. The Balaban J connectivity index is 1.83. The second kappa shape index (κ2) is 9.78. The monoisotopic (exact) mass is 439 g/mol. The number of benzene rings is 3. The molecule has 0 atom stereocenters. The maximum atomic E-state index is 12.6. The molecule has 3 aromatic rings. The van der Waals surface area contributed by atoms with Crippen LogP contribution in [-0.4, -0.2) is 26.7 Å². The zero-order chi connectivity index (χ0) is 21.6. The fourth-order valence-corrected chi connectivity index (χ4v) is 5.96. The average molecular weight is 440 g/mol. The fourth-order valence-electron chi connectivity index (χ4n) is 2.79. The number of rotatable bonds is 8. The van der Waals surface area contributed by atoms with Crippen LogP contribution in [0.2, 0.25) is 0 Å². The lowest BCUT2D eigenvalue weighted by Gasteiger charge is -2.09. The first kappa shape index (κ1) is 21.9. The highest BCUT2D eigenvalue weighted by atomic mass is 32.2. The summed E-state index contributed by atoms with van der Waals surface area (Å²) in [4.78, 5) is 15.0. The van der Waals surface area contributed by atoms with Gasteiger partial charge < -0.3 is 4.74 Å². The van der Waals surface area contributed by atoms with Crippen LogP contribution >= 0.6 is 0 Å². The third kappa shape index (κ3) is 5.40. The summed E-state index contributed by atoms with van der Waals surface area (Å²) in [6.45, 7) is 4.80. The highest BCUT2D eigenvalue weighted by Gasteiger charge is 2.28. The minimum atomic E-state index is -3.56. The Morgan fingerprint density at radius 2 is 1.30 bits per heavy atom. The van der Waals surface area contributed by atoms with Crippen LogP contribution in [0.25, 0.3) is 0 Å². The van der Waals surface area contributed by atoms with E-state index in [4.69, 9.17) is 4.74 Å². The van der Waals surface area contributed by atoms with Crippen molar-refractivity contribution in [1.29, 1.82) is 0 Å². The SMILES string of the molecule is C=C(C)C(=O)OCCS(=O)(=O)c1ccc([S+](c2ccccc2)c2ccccc2)cc1. The minimum Gasteiger partial charge on any atom is -0.461 e. The lowest BCUT2D eigenvalue weighted by atomic mass is 10.4. The van der Waals surface area contributed by atoms with E-state index in [1.165, 1.54) is 6.92 Å². The summed E-state index contributed by atoms with van der Waals surface area (Å²) in [6.07, 6.45) is 0. The standard InChI is InChI=1S/C24H23O4S2/c1-19(2)24(25)28-17-18-30(26,27)23-15-13-22(14-16-23)29(20-9-5-3-6-10-20)21-11-7-4-8-12-21/h3-16H,1,17-18H2,2H3/q+1. The van der Waals surface area contributed by atoms with Crippen LogP contribution in [-0.2, 0) is 30.3 Å². The summed E-state index contributed by atoms with van der Waals surface area (Å²) in [7, 11) is -3.90. The second-order valence-corrected chi connectivity index (χ2v) is 10.8. The summed E-state index contributed by atoms with van der Waals surface area (Å²) < 4.78 is 30.1. The van der Waals surface area contributed by atoms with E-state index >= 15 is 0 Å². The molecular formula is C24H23O4S2+. The van der Waals surface area contributed by atoms with Gasteiger partial charge in [0.15, 0.2) is 24.5 Å².